The number of aryl methyl sites for hydroxylation is 1. The largest absolute Gasteiger partial charge is 0.496 e. The van der Waals surface area contributed by atoms with Gasteiger partial charge in [0.05, 0.1) is 24.1 Å². The summed E-state index contributed by atoms with van der Waals surface area (Å²) in [4.78, 5) is 23.5. The lowest BCUT2D eigenvalue weighted by Gasteiger charge is -2.33. The topological polar surface area (TPSA) is 123 Å². The first kappa shape index (κ1) is 20.4. The summed E-state index contributed by atoms with van der Waals surface area (Å²) in [5, 5.41) is 29.9. The van der Waals surface area contributed by atoms with E-state index in [9.17, 15) is 20.1 Å². The molecule has 1 atom stereocenters. The van der Waals surface area contributed by atoms with Crippen LogP contribution in [0.2, 0.25) is 0 Å². The number of carbonyl (C=O) groups excluding carboxylic acids is 1. The lowest BCUT2D eigenvalue weighted by molar-refractivity contribution is -0.386. The third-order valence-corrected chi connectivity index (χ3v) is 5.37. The van der Waals surface area contributed by atoms with E-state index in [0.29, 0.717) is 44.6 Å². The van der Waals surface area contributed by atoms with Gasteiger partial charge in [-0.05, 0) is 43.7 Å². The second-order valence-corrected chi connectivity index (χ2v) is 7.25. The van der Waals surface area contributed by atoms with Gasteiger partial charge < -0.3 is 10.1 Å². The van der Waals surface area contributed by atoms with E-state index < -0.39 is 17.0 Å². The number of hydrogen-bond donors (Lipinski definition) is 2. The Bertz CT molecular complexity index is 1190. The highest BCUT2D eigenvalue weighted by atomic mass is 16.6. The number of fused-ring (bicyclic) bond motifs is 1. The fraction of sp³-hybridized carbons (Fsp3) is 0.238. The molecule has 10 heteroatoms. The van der Waals surface area contributed by atoms with Crippen LogP contribution in [-0.2, 0) is 6.54 Å². The van der Waals surface area contributed by atoms with Crippen molar-refractivity contribution in [3.8, 4) is 5.75 Å². The molecule has 2 aromatic carbocycles. The molecule has 0 spiro atoms. The number of amides is 1. The highest BCUT2D eigenvalue weighted by Gasteiger charge is 2.32. The predicted octanol–water partition coefficient (Wildman–Crippen LogP) is 3.42. The molecule has 1 aliphatic rings. The number of ether oxygens (including phenoxy) is 1. The number of hydrogen-bond acceptors (Lipinski definition) is 7. The number of nitro groups is 1. The first-order valence-electron chi connectivity index (χ1n) is 9.55. The predicted molar refractivity (Wildman–Crippen MR) is 111 cm³/mol. The summed E-state index contributed by atoms with van der Waals surface area (Å²) >= 11 is 0. The zero-order chi connectivity index (χ0) is 22.3. The maximum Gasteiger partial charge on any atom is 0.312 e. The third kappa shape index (κ3) is 3.46. The maximum absolute atomic E-state index is 12.6. The number of aromatic nitrogens is 2. The van der Waals surface area contributed by atoms with Crippen LogP contribution in [0.1, 0.15) is 39.0 Å². The molecule has 2 N–H and O–H groups in total. The van der Waals surface area contributed by atoms with Gasteiger partial charge in [0, 0.05) is 11.3 Å². The van der Waals surface area contributed by atoms with Crippen molar-refractivity contribution in [1.29, 1.82) is 0 Å². The quantitative estimate of drug-likeness (QED) is 0.366. The van der Waals surface area contributed by atoms with Crippen LogP contribution in [-0.4, -0.2) is 38.0 Å². The fourth-order valence-corrected chi connectivity index (χ4v) is 3.83. The molecule has 2 heterocycles. The Balaban J connectivity index is 1.72. The van der Waals surface area contributed by atoms with E-state index in [2.05, 4.69) is 10.4 Å². The second-order valence-electron chi connectivity index (χ2n) is 7.25. The molecule has 1 aliphatic heterocycles. The Morgan fingerprint density at radius 1 is 1.26 bits per heavy atom. The number of hydroxylamine groups is 2. The third-order valence-electron chi connectivity index (χ3n) is 5.37. The smallest absolute Gasteiger partial charge is 0.312 e. The molecule has 3 aromatic rings. The number of nitrogens with zero attached hydrogens (tertiary/aromatic N) is 4. The number of anilines is 1. The fourth-order valence-electron chi connectivity index (χ4n) is 3.83. The van der Waals surface area contributed by atoms with Crippen LogP contribution in [0.5, 0.6) is 5.75 Å². The molecule has 0 fully saturated rings. The van der Waals surface area contributed by atoms with Crippen molar-refractivity contribution in [2.75, 3.05) is 12.4 Å². The number of benzene rings is 2. The summed E-state index contributed by atoms with van der Waals surface area (Å²) in [6, 6.07) is 12.2. The van der Waals surface area contributed by atoms with E-state index in [4.69, 9.17) is 4.74 Å². The summed E-state index contributed by atoms with van der Waals surface area (Å²) in [5.41, 5.74) is 3.06. The summed E-state index contributed by atoms with van der Waals surface area (Å²) in [6.07, 6.45) is -0.804. The van der Waals surface area contributed by atoms with Gasteiger partial charge in [-0.15, -0.1) is 0 Å². The number of methoxy groups -OCH3 is 1. The van der Waals surface area contributed by atoms with E-state index in [1.807, 2.05) is 0 Å². The Hall–Kier alpha value is -3.92. The first-order valence-corrected chi connectivity index (χ1v) is 9.55. The molecule has 0 unspecified atom stereocenters. The van der Waals surface area contributed by atoms with Gasteiger partial charge in [-0.25, -0.2) is 0 Å². The Morgan fingerprint density at radius 2 is 2.00 bits per heavy atom. The summed E-state index contributed by atoms with van der Waals surface area (Å²) in [5.74, 6) is 0.0527. The standard InChI is InChI=1S/C21H21N5O5/c1-12-19(26(29)30)13(2)24(23-12)11-15-10-14(8-9-18(15)31-3)20-22-17-7-5-4-6-16(17)21(27)25(20)28/h4-10,20,22,28H,11H2,1-3H3/t20-/m0/s1. The molecule has 160 valence electrons. The van der Waals surface area contributed by atoms with E-state index in [1.54, 1.807) is 61.0 Å². The highest BCUT2D eigenvalue weighted by molar-refractivity contribution is 6.01. The summed E-state index contributed by atoms with van der Waals surface area (Å²) in [7, 11) is 1.53. The average Bonchev–Trinajstić information content (AvgIpc) is 3.03. The zero-order valence-corrected chi connectivity index (χ0v) is 17.2. The van der Waals surface area contributed by atoms with Crippen molar-refractivity contribution in [3.05, 3.63) is 80.7 Å². The molecule has 31 heavy (non-hydrogen) atoms. The number of nitrogens with one attached hydrogen (secondary N) is 1. The minimum absolute atomic E-state index is 0.0206. The van der Waals surface area contributed by atoms with Gasteiger partial charge in [-0.2, -0.15) is 10.2 Å². The first-order chi connectivity index (χ1) is 14.8. The molecular formula is C21H21N5O5. The van der Waals surface area contributed by atoms with Crippen LogP contribution >= 0.6 is 0 Å². The van der Waals surface area contributed by atoms with Gasteiger partial charge in [0.1, 0.15) is 17.1 Å². The van der Waals surface area contributed by atoms with Gasteiger partial charge >= 0.3 is 5.69 Å². The molecule has 10 nitrogen and oxygen atoms in total. The second kappa shape index (κ2) is 7.73. The lowest BCUT2D eigenvalue weighted by atomic mass is 10.0. The number of rotatable bonds is 5. The van der Waals surface area contributed by atoms with Crippen molar-refractivity contribution in [3.63, 3.8) is 0 Å². The number of carbonyl (C=O) groups is 1. The molecule has 4 rings (SSSR count). The Labute approximate surface area is 177 Å². The number of para-hydroxylation sites is 1. The van der Waals surface area contributed by atoms with Crippen molar-refractivity contribution in [2.45, 2.75) is 26.6 Å². The summed E-state index contributed by atoms with van der Waals surface area (Å²) < 4.78 is 6.99. The van der Waals surface area contributed by atoms with Crippen molar-refractivity contribution >= 4 is 17.3 Å². The average molecular weight is 423 g/mol. The molecule has 1 amide bonds. The lowest BCUT2D eigenvalue weighted by Crippen LogP contribution is -2.40. The molecule has 0 radical (unpaired) electrons. The van der Waals surface area contributed by atoms with Gasteiger partial charge in [-0.3, -0.25) is 24.8 Å². The van der Waals surface area contributed by atoms with Gasteiger partial charge in [0.15, 0.2) is 6.17 Å². The molecular weight excluding hydrogens is 402 g/mol. The van der Waals surface area contributed by atoms with Crippen molar-refractivity contribution < 1.29 is 19.7 Å². The van der Waals surface area contributed by atoms with Gasteiger partial charge in [-0.1, -0.05) is 18.2 Å². The minimum Gasteiger partial charge on any atom is -0.496 e. The van der Waals surface area contributed by atoms with Crippen molar-refractivity contribution in [1.82, 2.24) is 14.8 Å². The van der Waals surface area contributed by atoms with Crippen LogP contribution in [0.4, 0.5) is 11.4 Å². The normalized spacial score (nSPS) is 15.4. The Kier molecular flexibility index (Phi) is 5.07. The summed E-state index contributed by atoms with van der Waals surface area (Å²) in [6.45, 7) is 3.45. The monoisotopic (exact) mass is 423 g/mol. The van der Waals surface area contributed by atoms with Crippen LogP contribution in [0.15, 0.2) is 42.5 Å². The van der Waals surface area contributed by atoms with Crippen LogP contribution in [0, 0.1) is 24.0 Å². The van der Waals surface area contributed by atoms with E-state index in [-0.39, 0.29) is 12.2 Å². The Morgan fingerprint density at radius 3 is 2.68 bits per heavy atom. The van der Waals surface area contributed by atoms with E-state index >= 15 is 0 Å². The highest BCUT2D eigenvalue weighted by Crippen LogP contribution is 2.34. The molecule has 0 bridgehead atoms. The van der Waals surface area contributed by atoms with Crippen LogP contribution in [0.3, 0.4) is 0 Å². The van der Waals surface area contributed by atoms with Crippen molar-refractivity contribution in [2.24, 2.45) is 0 Å². The molecule has 1 aromatic heterocycles. The van der Waals surface area contributed by atoms with E-state index in [0.717, 1.165) is 0 Å². The van der Waals surface area contributed by atoms with E-state index in [1.165, 1.54) is 7.11 Å². The SMILES string of the molecule is COc1ccc([C@H]2Nc3ccccc3C(=O)N2O)cc1Cn1nc(C)c([N+](=O)[O-])c1C. The molecule has 0 saturated heterocycles. The maximum atomic E-state index is 12.6. The van der Waals surface area contributed by atoms with Crippen LogP contribution in [0.25, 0.3) is 0 Å². The zero-order valence-electron chi connectivity index (χ0n) is 17.2. The molecule has 0 aliphatic carbocycles. The minimum atomic E-state index is -0.804. The van der Waals surface area contributed by atoms with Crippen LogP contribution < -0.4 is 10.1 Å². The van der Waals surface area contributed by atoms with Gasteiger partial charge in [0.2, 0.25) is 0 Å². The van der Waals surface area contributed by atoms with Gasteiger partial charge in [0.25, 0.3) is 5.91 Å². The molecule has 0 saturated carbocycles.